The Morgan fingerprint density at radius 3 is 2.65 bits per heavy atom. The minimum Gasteiger partial charge on any atom is -0.477 e. The molecule has 17 heavy (non-hydrogen) atoms. The van der Waals surface area contributed by atoms with Gasteiger partial charge in [-0.25, -0.2) is 4.79 Å². The molecule has 3 rings (SSSR count). The molecule has 1 aromatic heterocycles. The maximum absolute atomic E-state index is 11.4. The van der Waals surface area contributed by atoms with Gasteiger partial charge in [0.1, 0.15) is 5.69 Å². The van der Waals surface area contributed by atoms with E-state index in [0.29, 0.717) is 5.69 Å². The van der Waals surface area contributed by atoms with Crippen LogP contribution in [-0.4, -0.2) is 15.6 Å². The molecule has 2 aromatic rings. The van der Waals surface area contributed by atoms with Crippen molar-refractivity contribution in [2.45, 2.75) is 19.3 Å². The Labute approximate surface area is 99.3 Å². The van der Waals surface area contributed by atoms with Crippen LogP contribution < -0.4 is 0 Å². The van der Waals surface area contributed by atoms with Crippen molar-refractivity contribution in [1.29, 1.82) is 0 Å². The summed E-state index contributed by atoms with van der Waals surface area (Å²) in [5.74, 6) is -0.836. The predicted molar refractivity (Wildman–Crippen MR) is 64.8 cm³/mol. The number of para-hydroxylation sites is 1. The number of rotatable bonds is 2. The van der Waals surface area contributed by atoms with Crippen molar-refractivity contribution in [3.05, 3.63) is 53.3 Å². The van der Waals surface area contributed by atoms with E-state index < -0.39 is 5.97 Å². The number of benzene rings is 1. The third-order valence-corrected chi connectivity index (χ3v) is 3.31. The highest BCUT2D eigenvalue weighted by Gasteiger charge is 2.24. The van der Waals surface area contributed by atoms with Gasteiger partial charge >= 0.3 is 5.97 Å². The van der Waals surface area contributed by atoms with Crippen molar-refractivity contribution in [2.75, 3.05) is 0 Å². The molecule has 86 valence electrons. The fourth-order valence-electron chi connectivity index (χ4n) is 2.57. The summed E-state index contributed by atoms with van der Waals surface area (Å²) in [6.45, 7) is 0. The minimum atomic E-state index is -0.836. The molecule has 0 amide bonds. The third kappa shape index (κ3) is 1.55. The molecule has 0 fully saturated rings. The van der Waals surface area contributed by atoms with Crippen LogP contribution in [0.5, 0.6) is 0 Å². The zero-order valence-electron chi connectivity index (χ0n) is 9.39. The normalized spacial score (nSPS) is 13.6. The molecule has 1 aromatic carbocycles. The Kier molecular flexibility index (Phi) is 2.25. The van der Waals surface area contributed by atoms with Crippen molar-refractivity contribution >= 4 is 5.97 Å². The van der Waals surface area contributed by atoms with Crippen LogP contribution in [0.3, 0.4) is 0 Å². The highest BCUT2D eigenvalue weighted by atomic mass is 16.4. The van der Waals surface area contributed by atoms with Crippen molar-refractivity contribution in [3.8, 4) is 5.69 Å². The van der Waals surface area contributed by atoms with Gasteiger partial charge in [-0.15, -0.1) is 0 Å². The minimum absolute atomic E-state index is 0.434. The van der Waals surface area contributed by atoms with E-state index in [-0.39, 0.29) is 0 Å². The lowest BCUT2D eigenvalue weighted by molar-refractivity contribution is 0.0687. The third-order valence-electron chi connectivity index (χ3n) is 3.31. The summed E-state index contributed by atoms with van der Waals surface area (Å²) in [6.07, 6.45) is 4.92. The SMILES string of the molecule is O=C(O)c1c2c(cn1-c1ccccc1)CCC2. The number of hydrogen-bond donors (Lipinski definition) is 1. The number of carbonyl (C=O) groups is 1. The average Bonchev–Trinajstić information content (AvgIpc) is 2.88. The summed E-state index contributed by atoms with van der Waals surface area (Å²) in [7, 11) is 0. The van der Waals surface area contributed by atoms with Crippen LogP contribution in [0, 0.1) is 0 Å². The first-order chi connectivity index (χ1) is 8.27. The molecular formula is C14H13NO2. The van der Waals surface area contributed by atoms with E-state index in [4.69, 9.17) is 0 Å². The van der Waals surface area contributed by atoms with Crippen molar-refractivity contribution in [3.63, 3.8) is 0 Å². The monoisotopic (exact) mass is 227 g/mol. The van der Waals surface area contributed by atoms with Crippen LogP contribution >= 0.6 is 0 Å². The Morgan fingerprint density at radius 1 is 1.18 bits per heavy atom. The van der Waals surface area contributed by atoms with Gasteiger partial charge in [-0.1, -0.05) is 18.2 Å². The Morgan fingerprint density at radius 2 is 1.94 bits per heavy atom. The fraction of sp³-hybridized carbons (Fsp3) is 0.214. The maximum Gasteiger partial charge on any atom is 0.353 e. The number of aromatic nitrogens is 1. The number of carboxylic acids is 1. The van der Waals surface area contributed by atoms with Crippen LogP contribution in [0.2, 0.25) is 0 Å². The van der Waals surface area contributed by atoms with Crippen molar-refractivity contribution < 1.29 is 9.90 Å². The van der Waals surface area contributed by atoms with Gasteiger partial charge in [0, 0.05) is 11.9 Å². The molecule has 0 radical (unpaired) electrons. The van der Waals surface area contributed by atoms with Crippen molar-refractivity contribution in [2.24, 2.45) is 0 Å². The Hall–Kier alpha value is -2.03. The summed E-state index contributed by atoms with van der Waals surface area (Å²) in [6, 6.07) is 9.64. The van der Waals surface area contributed by atoms with Crippen LogP contribution in [0.25, 0.3) is 5.69 Å². The van der Waals surface area contributed by atoms with Crippen LogP contribution in [0.1, 0.15) is 28.0 Å². The van der Waals surface area contributed by atoms with Gasteiger partial charge in [-0.2, -0.15) is 0 Å². The van der Waals surface area contributed by atoms with E-state index >= 15 is 0 Å². The number of hydrogen-bond acceptors (Lipinski definition) is 1. The molecule has 1 aliphatic carbocycles. The molecule has 3 nitrogen and oxygen atoms in total. The standard InChI is InChI=1S/C14H13NO2/c16-14(17)13-12-8-4-5-10(12)9-15(13)11-6-2-1-3-7-11/h1-3,6-7,9H,4-5,8H2,(H,16,17). The van der Waals surface area contributed by atoms with E-state index in [1.807, 2.05) is 36.5 Å². The van der Waals surface area contributed by atoms with Crippen molar-refractivity contribution in [1.82, 2.24) is 4.57 Å². The second-order valence-electron chi connectivity index (χ2n) is 4.35. The van der Waals surface area contributed by atoms with Gasteiger partial charge in [0.2, 0.25) is 0 Å². The molecule has 0 unspecified atom stereocenters. The number of aromatic carboxylic acids is 1. The summed E-state index contributed by atoms with van der Waals surface area (Å²) in [5, 5.41) is 9.36. The zero-order valence-corrected chi connectivity index (χ0v) is 9.39. The first kappa shape index (κ1) is 10.1. The first-order valence-electron chi connectivity index (χ1n) is 5.79. The Bertz CT molecular complexity index is 569. The lowest BCUT2D eigenvalue weighted by Crippen LogP contribution is -2.08. The topological polar surface area (TPSA) is 42.2 Å². The van der Waals surface area contributed by atoms with Gasteiger partial charge in [0.05, 0.1) is 0 Å². The van der Waals surface area contributed by atoms with E-state index in [2.05, 4.69) is 0 Å². The second kappa shape index (κ2) is 3.77. The largest absolute Gasteiger partial charge is 0.477 e. The number of fused-ring (bicyclic) bond motifs is 1. The molecule has 0 spiro atoms. The lowest BCUT2D eigenvalue weighted by Gasteiger charge is -2.07. The zero-order chi connectivity index (χ0) is 11.8. The molecule has 1 N–H and O–H groups in total. The Balaban J connectivity index is 2.21. The number of aryl methyl sites for hydroxylation is 1. The van der Waals surface area contributed by atoms with Gasteiger partial charge in [0.15, 0.2) is 0 Å². The van der Waals surface area contributed by atoms with Gasteiger partial charge < -0.3 is 9.67 Å². The summed E-state index contributed by atoms with van der Waals surface area (Å²) in [4.78, 5) is 11.4. The van der Waals surface area contributed by atoms with Gasteiger partial charge in [0.25, 0.3) is 0 Å². The molecule has 3 heteroatoms. The quantitative estimate of drug-likeness (QED) is 0.857. The first-order valence-corrected chi connectivity index (χ1v) is 5.79. The van der Waals surface area contributed by atoms with Gasteiger partial charge in [-0.05, 0) is 42.5 Å². The highest BCUT2D eigenvalue weighted by Crippen LogP contribution is 2.29. The smallest absolute Gasteiger partial charge is 0.353 e. The lowest BCUT2D eigenvalue weighted by atomic mass is 10.2. The maximum atomic E-state index is 11.4. The molecular weight excluding hydrogens is 214 g/mol. The van der Waals surface area contributed by atoms with Gasteiger partial charge in [-0.3, -0.25) is 0 Å². The molecule has 0 saturated heterocycles. The predicted octanol–water partition coefficient (Wildman–Crippen LogP) is 2.66. The van der Waals surface area contributed by atoms with E-state index in [1.54, 1.807) is 4.57 Å². The molecule has 0 aliphatic heterocycles. The molecule has 1 heterocycles. The van der Waals surface area contributed by atoms with Crippen LogP contribution in [0.4, 0.5) is 0 Å². The molecule has 0 saturated carbocycles. The van der Waals surface area contributed by atoms with Crippen LogP contribution in [-0.2, 0) is 12.8 Å². The summed E-state index contributed by atoms with van der Waals surface area (Å²) in [5.41, 5.74) is 3.55. The highest BCUT2D eigenvalue weighted by molar-refractivity contribution is 5.89. The molecule has 0 atom stereocenters. The van der Waals surface area contributed by atoms with E-state index in [0.717, 1.165) is 30.5 Å². The van der Waals surface area contributed by atoms with E-state index in [1.165, 1.54) is 5.56 Å². The molecule has 1 aliphatic rings. The molecule has 0 bridgehead atoms. The summed E-state index contributed by atoms with van der Waals surface area (Å²) < 4.78 is 1.80. The van der Waals surface area contributed by atoms with Crippen LogP contribution in [0.15, 0.2) is 36.5 Å². The fourth-order valence-corrected chi connectivity index (χ4v) is 2.57. The second-order valence-corrected chi connectivity index (χ2v) is 4.35. The van der Waals surface area contributed by atoms with E-state index in [9.17, 15) is 9.90 Å². The average molecular weight is 227 g/mol. The summed E-state index contributed by atoms with van der Waals surface area (Å²) >= 11 is 0. The number of carboxylic acid groups (broad SMARTS) is 1. The number of nitrogens with zero attached hydrogens (tertiary/aromatic N) is 1.